The summed E-state index contributed by atoms with van der Waals surface area (Å²) in [6.45, 7) is 4.17. The Hall–Kier alpha value is -1.28. The van der Waals surface area contributed by atoms with Gasteiger partial charge in [-0.05, 0) is 25.5 Å². The van der Waals surface area contributed by atoms with Crippen LogP contribution in [0, 0.1) is 0 Å². The first-order valence-corrected chi connectivity index (χ1v) is 7.99. The summed E-state index contributed by atoms with van der Waals surface area (Å²) in [5, 5.41) is 8.08. The molecule has 2 aromatic heterocycles. The van der Waals surface area contributed by atoms with E-state index in [-0.39, 0.29) is 6.10 Å². The molecule has 6 nitrogen and oxygen atoms in total. The molecule has 1 saturated heterocycles. The zero-order valence-corrected chi connectivity index (χ0v) is 13.2. The van der Waals surface area contributed by atoms with Crippen molar-refractivity contribution in [1.29, 1.82) is 0 Å². The highest BCUT2D eigenvalue weighted by molar-refractivity contribution is 7.08. The van der Waals surface area contributed by atoms with E-state index in [4.69, 9.17) is 9.26 Å². The van der Waals surface area contributed by atoms with E-state index in [2.05, 4.69) is 34.0 Å². The largest absolute Gasteiger partial charge is 0.374 e. The average molecular weight is 308 g/mol. The van der Waals surface area contributed by atoms with E-state index >= 15 is 0 Å². The maximum absolute atomic E-state index is 5.77. The maximum atomic E-state index is 5.77. The Morgan fingerprint density at radius 2 is 2.38 bits per heavy atom. The van der Waals surface area contributed by atoms with E-state index in [1.165, 1.54) is 0 Å². The van der Waals surface area contributed by atoms with Crippen molar-refractivity contribution in [2.45, 2.75) is 12.6 Å². The van der Waals surface area contributed by atoms with Gasteiger partial charge in [-0.3, -0.25) is 4.90 Å². The van der Waals surface area contributed by atoms with Gasteiger partial charge in [0.2, 0.25) is 11.7 Å². The lowest BCUT2D eigenvalue weighted by atomic mass is 10.2. The Morgan fingerprint density at radius 1 is 1.48 bits per heavy atom. The molecule has 1 aliphatic heterocycles. The van der Waals surface area contributed by atoms with Gasteiger partial charge < -0.3 is 14.2 Å². The molecule has 3 heterocycles. The van der Waals surface area contributed by atoms with Gasteiger partial charge in [0.25, 0.3) is 0 Å². The van der Waals surface area contributed by atoms with Crippen molar-refractivity contribution in [2.24, 2.45) is 0 Å². The quantitative estimate of drug-likeness (QED) is 0.835. The summed E-state index contributed by atoms with van der Waals surface area (Å²) in [7, 11) is 4.13. The minimum absolute atomic E-state index is 0.244. The maximum Gasteiger partial charge on any atom is 0.241 e. The van der Waals surface area contributed by atoms with Crippen LogP contribution in [0.4, 0.5) is 0 Å². The summed E-state index contributed by atoms with van der Waals surface area (Å²) in [5.41, 5.74) is 1.02. The zero-order valence-electron chi connectivity index (χ0n) is 12.4. The van der Waals surface area contributed by atoms with Crippen molar-refractivity contribution in [2.75, 3.05) is 40.3 Å². The first-order valence-electron chi connectivity index (χ1n) is 7.04. The lowest BCUT2D eigenvalue weighted by Gasteiger charge is -2.33. The zero-order chi connectivity index (χ0) is 14.7. The average Bonchev–Trinajstić information content (AvgIpc) is 3.08. The normalized spacial score (nSPS) is 20.2. The van der Waals surface area contributed by atoms with E-state index in [0.717, 1.165) is 31.8 Å². The van der Waals surface area contributed by atoms with Crippen LogP contribution in [0.1, 0.15) is 5.89 Å². The lowest BCUT2D eigenvalue weighted by Crippen LogP contribution is -2.46. The van der Waals surface area contributed by atoms with Crippen LogP contribution >= 0.6 is 11.3 Å². The first kappa shape index (κ1) is 14.6. The molecule has 0 N–H and O–H groups in total. The molecule has 7 heteroatoms. The molecule has 0 aromatic carbocycles. The highest BCUT2D eigenvalue weighted by Crippen LogP contribution is 2.19. The molecular weight excluding hydrogens is 288 g/mol. The molecule has 3 rings (SSSR count). The SMILES string of the molecule is CN(C)CC1CN(Cc2nc(-c3ccsc3)no2)CCO1. The molecule has 0 bridgehead atoms. The van der Waals surface area contributed by atoms with E-state index in [1.807, 2.05) is 16.8 Å². The second-order valence-electron chi connectivity index (χ2n) is 5.51. The van der Waals surface area contributed by atoms with Gasteiger partial charge in [-0.25, -0.2) is 0 Å². The number of morpholine rings is 1. The Balaban J connectivity index is 1.59. The fourth-order valence-electron chi connectivity index (χ4n) is 2.46. The van der Waals surface area contributed by atoms with E-state index in [0.29, 0.717) is 18.3 Å². The van der Waals surface area contributed by atoms with Crippen LogP contribution in [0.5, 0.6) is 0 Å². The van der Waals surface area contributed by atoms with Gasteiger partial charge >= 0.3 is 0 Å². The van der Waals surface area contributed by atoms with Crippen LogP contribution < -0.4 is 0 Å². The Kier molecular flexibility index (Phi) is 4.64. The standard InChI is InChI=1S/C14H20N4O2S/c1-17(2)7-12-8-18(4-5-19-12)9-13-15-14(16-20-13)11-3-6-21-10-11/h3,6,10,12H,4-5,7-9H2,1-2H3. The number of rotatable bonds is 5. The molecule has 0 spiro atoms. The van der Waals surface area contributed by atoms with Crippen LogP contribution in [0.15, 0.2) is 21.3 Å². The summed E-state index contributed by atoms with van der Waals surface area (Å²) in [4.78, 5) is 8.93. The van der Waals surface area contributed by atoms with E-state index < -0.39 is 0 Å². The minimum Gasteiger partial charge on any atom is -0.374 e. The number of aromatic nitrogens is 2. The third-order valence-corrected chi connectivity index (χ3v) is 4.08. The molecule has 1 fully saturated rings. The highest BCUT2D eigenvalue weighted by atomic mass is 32.1. The van der Waals surface area contributed by atoms with Crippen LogP contribution in [0.25, 0.3) is 11.4 Å². The fourth-order valence-corrected chi connectivity index (χ4v) is 3.10. The van der Waals surface area contributed by atoms with Crippen molar-refractivity contribution in [3.63, 3.8) is 0 Å². The van der Waals surface area contributed by atoms with Crippen LogP contribution in [-0.2, 0) is 11.3 Å². The van der Waals surface area contributed by atoms with Crippen LogP contribution in [-0.4, -0.2) is 66.4 Å². The van der Waals surface area contributed by atoms with Gasteiger partial charge in [-0.1, -0.05) is 5.16 Å². The second kappa shape index (κ2) is 6.65. The molecule has 1 atom stereocenters. The summed E-state index contributed by atoms with van der Waals surface area (Å²) in [5.74, 6) is 1.34. The van der Waals surface area contributed by atoms with E-state index in [9.17, 15) is 0 Å². The van der Waals surface area contributed by atoms with Crippen molar-refractivity contribution in [3.05, 3.63) is 22.7 Å². The Labute approximate surface area is 128 Å². The Morgan fingerprint density at radius 3 is 3.14 bits per heavy atom. The predicted octanol–water partition coefficient (Wildman–Crippen LogP) is 1.56. The molecule has 2 aromatic rings. The van der Waals surface area contributed by atoms with Crippen molar-refractivity contribution < 1.29 is 9.26 Å². The number of hydrogen-bond donors (Lipinski definition) is 0. The summed E-state index contributed by atoms with van der Waals surface area (Å²) in [6.07, 6.45) is 0.244. The number of thiophene rings is 1. The van der Waals surface area contributed by atoms with Gasteiger partial charge in [0.15, 0.2) is 0 Å². The smallest absolute Gasteiger partial charge is 0.241 e. The van der Waals surface area contributed by atoms with E-state index in [1.54, 1.807) is 11.3 Å². The van der Waals surface area contributed by atoms with Gasteiger partial charge in [-0.2, -0.15) is 16.3 Å². The topological polar surface area (TPSA) is 54.6 Å². The third kappa shape index (κ3) is 3.88. The lowest BCUT2D eigenvalue weighted by molar-refractivity contribution is -0.0430. The van der Waals surface area contributed by atoms with Gasteiger partial charge in [0.05, 0.1) is 19.3 Å². The second-order valence-corrected chi connectivity index (χ2v) is 6.29. The highest BCUT2D eigenvalue weighted by Gasteiger charge is 2.22. The van der Waals surface area contributed by atoms with Crippen molar-refractivity contribution in [3.8, 4) is 11.4 Å². The Bertz CT molecular complexity index is 555. The van der Waals surface area contributed by atoms with Gasteiger partial charge in [0, 0.05) is 30.6 Å². The number of hydrogen-bond acceptors (Lipinski definition) is 7. The van der Waals surface area contributed by atoms with Crippen LogP contribution in [0.3, 0.4) is 0 Å². The molecule has 1 aliphatic rings. The molecule has 21 heavy (non-hydrogen) atoms. The molecule has 114 valence electrons. The third-order valence-electron chi connectivity index (χ3n) is 3.40. The molecule has 0 radical (unpaired) electrons. The summed E-state index contributed by atoms with van der Waals surface area (Å²) < 4.78 is 11.1. The number of likely N-dealkylation sites (N-methyl/N-ethyl adjacent to an activating group) is 1. The fraction of sp³-hybridized carbons (Fsp3) is 0.571. The van der Waals surface area contributed by atoms with Gasteiger partial charge in [0.1, 0.15) is 0 Å². The monoisotopic (exact) mass is 308 g/mol. The molecule has 0 saturated carbocycles. The summed E-state index contributed by atoms with van der Waals surface area (Å²) in [6, 6.07) is 2.00. The van der Waals surface area contributed by atoms with Crippen molar-refractivity contribution >= 4 is 11.3 Å². The number of nitrogens with zero attached hydrogens (tertiary/aromatic N) is 4. The molecule has 0 aliphatic carbocycles. The van der Waals surface area contributed by atoms with Crippen molar-refractivity contribution in [1.82, 2.24) is 19.9 Å². The number of ether oxygens (including phenoxy) is 1. The molecule has 1 unspecified atom stereocenters. The van der Waals surface area contributed by atoms with Gasteiger partial charge in [-0.15, -0.1) is 0 Å². The summed E-state index contributed by atoms with van der Waals surface area (Å²) >= 11 is 1.63. The minimum atomic E-state index is 0.244. The predicted molar refractivity (Wildman–Crippen MR) is 81.2 cm³/mol. The molecule has 0 amide bonds. The first-order chi connectivity index (χ1) is 10.2. The molecular formula is C14H20N4O2S. The van der Waals surface area contributed by atoms with Crippen LogP contribution in [0.2, 0.25) is 0 Å².